The molecule has 1 saturated heterocycles. The first kappa shape index (κ1) is 21.2. The zero-order valence-corrected chi connectivity index (χ0v) is 16.8. The second kappa shape index (κ2) is 8.71. The Kier molecular flexibility index (Phi) is 6.83. The first-order chi connectivity index (χ1) is 12.7. The van der Waals surface area contributed by atoms with E-state index < -0.39 is 16.0 Å². The van der Waals surface area contributed by atoms with Crippen LogP contribution in [0.3, 0.4) is 0 Å². The number of methoxy groups -OCH3 is 1. The smallest absolute Gasteiger partial charge is 0.338 e. The van der Waals surface area contributed by atoms with E-state index >= 15 is 0 Å². The van der Waals surface area contributed by atoms with Crippen molar-refractivity contribution in [1.29, 1.82) is 0 Å². The molecule has 1 aromatic carbocycles. The van der Waals surface area contributed by atoms with Crippen molar-refractivity contribution in [3.05, 3.63) is 23.8 Å². The largest absolute Gasteiger partial charge is 0.495 e. The van der Waals surface area contributed by atoms with Crippen LogP contribution in [0.1, 0.15) is 30.6 Å². The molecule has 0 aromatic heterocycles. The van der Waals surface area contributed by atoms with Crippen LogP contribution in [0.4, 0.5) is 0 Å². The van der Waals surface area contributed by atoms with Crippen molar-refractivity contribution in [3.8, 4) is 5.75 Å². The summed E-state index contributed by atoms with van der Waals surface area (Å²) in [5.74, 6) is -0.100. The number of hydrogen-bond donors (Lipinski definition) is 1. The Morgan fingerprint density at radius 2 is 1.85 bits per heavy atom. The average Bonchev–Trinajstić information content (AvgIpc) is 2.64. The lowest BCUT2D eigenvalue weighted by Gasteiger charge is -2.34. The number of sulfonamides is 1. The van der Waals surface area contributed by atoms with Gasteiger partial charge in [-0.2, -0.15) is 0 Å². The van der Waals surface area contributed by atoms with E-state index in [1.165, 1.54) is 32.4 Å². The third-order valence-corrected chi connectivity index (χ3v) is 5.94. The van der Waals surface area contributed by atoms with E-state index in [0.717, 1.165) is 6.42 Å². The summed E-state index contributed by atoms with van der Waals surface area (Å²) in [5.41, 5.74) is 0.0257. The number of nitrogens with one attached hydrogen (secondary N) is 1. The molecule has 2 atom stereocenters. The second-order valence-electron chi connectivity index (χ2n) is 6.89. The van der Waals surface area contributed by atoms with E-state index in [4.69, 9.17) is 9.47 Å². The van der Waals surface area contributed by atoms with Crippen molar-refractivity contribution >= 4 is 21.9 Å². The topological polar surface area (TPSA) is 102 Å². The number of rotatable bonds is 6. The Morgan fingerprint density at radius 3 is 2.41 bits per heavy atom. The molecule has 0 bridgehead atoms. The summed E-state index contributed by atoms with van der Waals surface area (Å²) >= 11 is 0. The number of ether oxygens (including phenoxy) is 2. The molecule has 27 heavy (non-hydrogen) atoms. The molecule has 1 amide bonds. The fraction of sp³-hybridized carbons (Fsp3) is 0.556. The monoisotopic (exact) mass is 398 g/mol. The fourth-order valence-corrected chi connectivity index (χ4v) is 4.21. The SMILES string of the molecule is CNS(=O)(=O)c1cc(C(=O)OCC(=O)N2C[C@H](C)C[C@H](C)C2)ccc1OC. The number of esters is 1. The molecule has 0 saturated carbocycles. The summed E-state index contributed by atoms with van der Waals surface area (Å²) in [7, 11) is -1.22. The van der Waals surface area contributed by atoms with Gasteiger partial charge in [0.15, 0.2) is 6.61 Å². The minimum absolute atomic E-state index is 0.0257. The van der Waals surface area contributed by atoms with Gasteiger partial charge < -0.3 is 14.4 Å². The Bertz CT molecular complexity index is 798. The van der Waals surface area contributed by atoms with Gasteiger partial charge in [0.1, 0.15) is 10.6 Å². The molecule has 0 spiro atoms. The predicted molar refractivity (Wildman–Crippen MR) is 99.0 cm³/mol. The minimum Gasteiger partial charge on any atom is -0.495 e. The molecule has 1 aliphatic rings. The lowest BCUT2D eigenvalue weighted by atomic mass is 9.92. The van der Waals surface area contributed by atoms with Crippen LogP contribution in [0.15, 0.2) is 23.1 Å². The number of nitrogens with zero attached hydrogens (tertiary/aromatic N) is 1. The van der Waals surface area contributed by atoms with Gasteiger partial charge in [0.25, 0.3) is 5.91 Å². The number of carbonyl (C=O) groups is 2. The third-order valence-electron chi connectivity index (χ3n) is 4.51. The number of amides is 1. The van der Waals surface area contributed by atoms with Gasteiger partial charge in [-0.15, -0.1) is 0 Å². The standard InChI is InChI=1S/C18H26N2O6S/c1-12-7-13(2)10-20(9-12)17(21)11-26-18(22)14-5-6-15(25-4)16(8-14)27(23,24)19-3/h5-6,8,12-13,19H,7,9-11H2,1-4H3/t12-,13+. The molecule has 1 aromatic rings. The Labute approximate surface area is 159 Å². The van der Waals surface area contributed by atoms with Gasteiger partial charge in [-0.25, -0.2) is 17.9 Å². The van der Waals surface area contributed by atoms with E-state index in [2.05, 4.69) is 18.6 Å². The second-order valence-corrected chi connectivity index (χ2v) is 8.75. The van der Waals surface area contributed by atoms with Gasteiger partial charge in [0.05, 0.1) is 12.7 Å². The van der Waals surface area contributed by atoms with Crippen LogP contribution in [0.5, 0.6) is 5.75 Å². The maximum atomic E-state index is 12.3. The summed E-state index contributed by atoms with van der Waals surface area (Å²) in [6, 6.07) is 3.94. The maximum Gasteiger partial charge on any atom is 0.338 e. The summed E-state index contributed by atoms with van der Waals surface area (Å²) in [4.78, 5) is 26.1. The molecule has 1 fully saturated rings. The first-order valence-corrected chi connectivity index (χ1v) is 10.2. The highest BCUT2D eigenvalue weighted by atomic mass is 32.2. The number of likely N-dealkylation sites (tertiary alicyclic amines) is 1. The van der Waals surface area contributed by atoms with Crippen LogP contribution in [0.25, 0.3) is 0 Å². The van der Waals surface area contributed by atoms with Gasteiger partial charge >= 0.3 is 5.97 Å². The highest BCUT2D eigenvalue weighted by molar-refractivity contribution is 7.89. The normalized spacial score (nSPS) is 20.2. The van der Waals surface area contributed by atoms with E-state index in [9.17, 15) is 18.0 Å². The number of benzene rings is 1. The van der Waals surface area contributed by atoms with Crippen LogP contribution in [0.2, 0.25) is 0 Å². The van der Waals surface area contributed by atoms with E-state index in [1.54, 1.807) is 4.90 Å². The Morgan fingerprint density at radius 1 is 1.22 bits per heavy atom. The van der Waals surface area contributed by atoms with Gasteiger partial charge in [-0.05, 0) is 43.5 Å². The lowest BCUT2D eigenvalue weighted by Crippen LogP contribution is -2.44. The Balaban J connectivity index is 2.08. The molecule has 2 rings (SSSR count). The maximum absolute atomic E-state index is 12.3. The molecule has 1 heterocycles. The molecular weight excluding hydrogens is 372 g/mol. The van der Waals surface area contributed by atoms with E-state index in [1.807, 2.05) is 0 Å². The van der Waals surface area contributed by atoms with Gasteiger partial charge in [0.2, 0.25) is 10.0 Å². The predicted octanol–water partition coefficient (Wildman–Crippen LogP) is 1.26. The number of piperidine rings is 1. The Hall–Kier alpha value is -2.13. The molecule has 150 valence electrons. The van der Waals surface area contributed by atoms with Crippen molar-refractivity contribution in [1.82, 2.24) is 9.62 Å². The molecule has 1 N–H and O–H groups in total. The molecule has 1 aliphatic heterocycles. The van der Waals surface area contributed by atoms with Gasteiger partial charge in [-0.3, -0.25) is 4.79 Å². The summed E-state index contributed by atoms with van der Waals surface area (Å²) < 4.78 is 36.5. The van der Waals surface area contributed by atoms with Crippen molar-refractivity contribution in [3.63, 3.8) is 0 Å². The zero-order chi connectivity index (χ0) is 20.2. The first-order valence-electron chi connectivity index (χ1n) is 8.74. The van der Waals surface area contributed by atoms with Gasteiger partial charge in [-0.1, -0.05) is 13.8 Å². The van der Waals surface area contributed by atoms with E-state index in [-0.39, 0.29) is 28.7 Å². The van der Waals surface area contributed by atoms with Crippen molar-refractivity contribution < 1.29 is 27.5 Å². The third kappa shape index (κ3) is 5.20. The highest BCUT2D eigenvalue weighted by Gasteiger charge is 2.26. The van der Waals surface area contributed by atoms with Crippen LogP contribution in [-0.2, 0) is 19.6 Å². The number of hydrogen-bond acceptors (Lipinski definition) is 6. The van der Waals surface area contributed by atoms with Crippen LogP contribution in [0, 0.1) is 11.8 Å². The van der Waals surface area contributed by atoms with Gasteiger partial charge in [0, 0.05) is 13.1 Å². The van der Waals surface area contributed by atoms with Crippen LogP contribution in [-0.4, -0.2) is 59.0 Å². The zero-order valence-electron chi connectivity index (χ0n) is 16.0. The number of carbonyl (C=O) groups excluding carboxylic acids is 2. The molecule has 8 nitrogen and oxygen atoms in total. The lowest BCUT2D eigenvalue weighted by molar-refractivity contribution is -0.137. The highest BCUT2D eigenvalue weighted by Crippen LogP contribution is 2.25. The molecule has 0 unspecified atom stereocenters. The molecule has 0 aliphatic carbocycles. The molecule has 9 heteroatoms. The van der Waals surface area contributed by atoms with Crippen LogP contribution >= 0.6 is 0 Å². The van der Waals surface area contributed by atoms with E-state index in [0.29, 0.717) is 24.9 Å². The summed E-state index contributed by atoms with van der Waals surface area (Å²) in [5, 5.41) is 0. The van der Waals surface area contributed by atoms with Crippen LogP contribution < -0.4 is 9.46 Å². The van der Waals surface area contributed by atoms with Crippen molar-refractivity contribution in [2.45, 2.75) is 25.2 Å². The van der Waals surface area contributed by atoms with Crippen molar-refractivity contribution in [2.24, 2.45) is 11.8 Å². The molecule has 0 radical (unpaired) electrons. The minimum atomic E-state index is -3.82. The fourth-order valence-electron chi connectivity index (χ4n) is 3.29. The summed E-state index contributed by atoms with van der Waals surface area (Å²) in [6.07, 6.45) is 1.07. The molecular formula is C18H26N2O6S. The average molecular weight is 398 g/mol. The van der Waals surface area contributed by atoms with Crippen molar-refractivity contribution in [2.75, 3.05) is 33.9 Å². The quantitative estimate of drug-likeness (QED) is 0.724. The summed E-state index contributed by atoms with van der Waals surface area (Å²) in [6.45, 7) is 5.09.